The first kappa shape index (κ1) is 24.5. The summed E-state index contributed by atoms with van der Waals surface area (Å²) in [5.41, 5.74) is 3.54. The average Bonchev–Trinajstić information content (AvgIpc) is 2.87. The van der Waals surface area contributed by atoms with Crippen molar-refractivity contribution in [1.82, 2.24) is 4.72 Å². The lowest BCUT2D eigenvalue weighted by atomic mass is 9.96. The highest BCUT2D eigenvalue weighted by molar-refractivity contribution is 7.84. The molecule has 0 aromatic heterocycles. The monoisotopic (exact) mass is 485 g/mol. The van der Waals surface area contributed by atoms with Gasteiger partial charge in [-0.05, 0) is 62.2 Å². The second-order valence-electron chi connectivity index (χ2n) is 9.29. The molecule has 0 saturated heterocycles. The van der Waals surface area contributed by atoms with E-state index in [2.05, 4.69) is 114 Å². The SMILES string of the molecule is CC(C)(C)[S@@](=O)N[C@H](CP(c1ccccc1)c1ccccc1)c1ccccc1-c1ccccc1. The summed E-state index contributed by atoms with van der Waals surface area (Å²) in [5.74, 6) is 0. The highest BCUT2D eigenvalue weighted by Gasteiger charge is 2.28. The minimum Gasteiger partial charge on any atom is -0.242 e. The molecule has 0 amide bonds. The lowest BCUT2D eigenvalue weighted by molar-refractivity contribution is 0.618. The van der Waals surface area contributed by atoms with Gasteiger partial charge in [-0.25, -0.2) is 8.93 Å². The van der Waals surface area contributed by atoms with Gasteiger partial charge >= 0.3 is 0 Å². The highest BCUT2D eigenvalue weighted by atomic mass is 32.2. The molecule has 0 unspecified atom stereocenters. The summed E-state index contributed by atoms with van der Waals surface area (Å²) >= 11 is 0. The Balaban J connectivity index is 1.80. The first-order valence-corrected chi connectivity index (χ1v) is 14.3. The van der Waals surface area contributed by atoms with Gasteiger partial charge in [0.05, 0.1) is 15.7 Å². The van der Waals surface area contributed by atoms with Crippen LogP contribution in [0.25, 0.3) is 11.1 Å². The highest BCUT2D eigenvalue weighted by Crippen LogP contribution is 2.40. The molecule has 0 fully saturated rings. The van der Waals surface area contributed by atoms with Gasteiger partial charge in [0.15, 0.2) is 0 Å². The van der Waals surface area contributed by atoms with Crippen molar-refractivity contribution in [2.75, 3.05) is 6.16 Å². The molecular weight excluding hydrogens is 453 g/mol. The molecule has 2 nitrogen and oxygen atoms in total. The first-order valence-electron chi connectivity index (χ1n) is 11.6. The molecule has 4 aromatic carbocycles. The van der Waals surface area contributed by atoms with Crippen LogP contribution in [-0.4, -0.2) is 15.1 Å². The van der Waals surface area contributed by atoms with E-state index < -0.39 is 18.9 Å². The van der Waals surface area contributed by atoms with E-state index in [1.807, 2.05) is 26.8 Å². The zero-order chi connectivity index (χ0) is 24.0. The van der Waals surface area contributed by atoms with Crippen LogP contribution in [0, 0.1) is 0 Å². The largest absolute Gasteiger partial charge is 0.242 e. The maximum Gasteiger partial charge on any atom is 0.0976 e. The fourth-order valence-electron chi connectivity index (χ4n) is 3.94. The Kier molecular flexibility index (Phi) is 8.11. The number of benzene rings is 4. The molecule has 1 N–H and O–H groups in total. The predicted octanol–water partition coefficient (Wildman–Crippen LogP) is 6.58. The molecule has 0 aliphatic rings. The lowest BCUT2D eigenvalue weighted by Crippen LogP contribution is -2.37. The van der Waals surface area contributed by atoms with Crippen LogP contribution in [-0.2, 0) is 11.0 Å². The molecule has 0 heterocycles. The van der Waals surface area contributed by atoms with Crippen molar-refractivity contribution < 1.29 is 4.21 Å². The molecule has 4 aromatic rings. The molecule has 0 aliphatic heterocycles. The van der Waals surface area contributed by atoms with Crippen molar-refractivity contribution in [1.29, 1.82) is 0 Å². The van der Waals surface area contributed by atoms with E-state index in [0.717, 1.165) is 6.16 Å². The Bertz CT molecular complexity index is 1170. The van der Waals surface area contributed by atoms with E-state index in [1.165, 1.54) is 27.3 Å². The number of hydrogen-bond acceptors (Lipinski definition) is 1. The van der Waals surface area contributed by atoms with Crippen LogP contribution >= 0.6 is 7.92 Å². The van der Waals surface area contributed by atoms with Crippen molar-refractivity contribution in [3.63, 3.8) is 0 Å². The fraction of sp³-hybridized carbons (Fsp3) is 0.200. The third-order valence-corrected chi connectivity index (χ3v) is 9.91. The second kappa shape index (κ2) is 11.2. The Morgan fingerprint density at radius 2 is 1.18 bits per heavy atom. The van der Waals surface area contributed by atoms with E-state index in [1.54, 1.807) is 0 Å². The average molecular weight is 486 g/mol. The Morgan fingerprint density at radius 3 is 1.71 bits per heavy atom. The summed E-state index contributed by atoms with van der Waals surface area (Å²) in [5, 5.41) is 2.66. The predicted molar refractivity (Wildman–Crippen MR) is 150 cm³/mol. The van der Waals surface area contributed by atoms with Crippen molar-refractivity contribution in [2.45, 2.75) is 31.6 Å². The molecule has 4 heteroatoms. The molecule has 0 saturated carbocycles. The Labute approximate surface area is 207 Å². The quantitative estimate of drug-likeness (QED) is 0.281. The third-order valence-electron chi connectivity index (χ3n) is 5.73. The van der Waals surface area contributed by atoms with Crippen molar-refractivity contribution in [2.24, 2.45) is 0 Å². The minimum absolute atomic E-state index is 0.0667. The number of hydrogen-bond donors (Lipinski definition) is 1. The van der Waals surface area contributed by atoms with Crippen LogP contribution in [0.15, 0.2) is 115 Å². The van der Waals surface area contributed by atoms with Gasteiger partial charge in [-0.15, -0.1) is 0 Å². The molecule has 0 radical (unpaired) electrons. The van der Waals surface area contributed by atoms with E-state index in [0.29, 0.717) is 0 Å². The molecule has 4 rings (SSSR count). The summed E-state index contributed by atoms with van der Waals surface area (Å²) < 4.78 is 16.5. The normalized spacial score (nSPS) is 13.5. The summed E-state index contributed by atoms with van der Waals surface area (Å²) in [6.07, 6.45) is 0.856. The zero-order valence-corrected chi connectivity index (χ0v) is 21.7. The van der Waals surface area contributed by atoms with Crippen molar-refractivity contribution in [3.05, 3.63) is 121 Å². The van der Waals surface area contributed by atoms with E-state index in [4.69, 9.17) is 0 Å². The third kappa shape index (κ3) is 6.10. The molecule has 0 bridgehead atoms. The number of rotatable bonds is 8. The summed E-state index contributed by atoms with van der Waals surface area (Å²) in [4.78, 5) is 0. The lowest BCUT2D eigenvalue weighted by Gasteiger charge is -2.30. The van der Waals surface area contributed by atoms with Gasteiger partial charge in [0.2, 0.25) is 0 Å². The maximum absolute atomic E-state index is 13.4. The number of nitrogens with one attached hydrogen (secondary N) is 1. The Morgan fingerprint density at radius 1 is 0.706 bits per heavy atom. The zero-order valence-electron chi connectivity index (χ0n) is 20.0. The van der Waals surface area contributed by atoms with Gasteiger partial charge in [0.25, 0.3) is 0 Å². The molecular formula is C30H32NOPS. The molecule has 0 spiro atoms. The van der Waals surface area contributed by atoms with Gasteiger partial charge in [0.1, 0.15) is 0 Å². The maximum atomic E-state index is 13.4. The smallest absolute Gasteiger partial charge is 0.0976 e. The minimum atomic E-state index is -1.20. The van der Waals surface area contributed by atoms with Crippen molar-refractivity contribution in [3.8, 4) is 11.1 Å². The molecule has 2 atom stereocenters. The van der Waals surface area contributed by atoms with Crippen LogP contribution in [0.1, 0.15) is 32.4 Å². The van der Waals surface area contributed by atoms with E-state index >= 15 is 0 Å². The molecule has 174 valence electrons. The van der Waals surface area contributed by atoms with E-state index in [-0.39, 0.29) is 10.8 Å². The van der Waals surface area contributed by atoms with Gasteiger partial charge in [0, 0.05) is 6.04 Å². The fourth-order valence-corrected chi connectivity index (χ4v) is 7.33. The van der Waals surface area contributed by atoms with Crippen LogP contribution in [0.3, 0.4) is 0 Å². The summed E-state index contributed by atoms with van der Waals surface area (Å²) in [6, 6.07) is 40.4. The first-order chi connectivity index (χ1) is 16.4. The van der Waals surface area contributed by atoms with Crippen LogP contribution < -0.4 is 15.3 Å². The van der Waals surface area contributed by atoms with Crippen LogP contribution in [0.5, 0.6) is 0 Å². The summed E-state index contributed by atoms with van der Waals surface area (Å²) in [6.45, 7) is 6.06. The van der Waals surface area contributed by atoms with E-state index in [9.17, 15) is 4.21 Å². The molecule has 0 aliphatic carbocycles. The van der Waals surface area contributed by atoms with Gasteiger partial charge in [-0.3, -0.25) is 0 Å². The Hall–Kier alpha value is -2.58. The standard InChI is InChI=1S/C30H32NOPS/c1-30(2,3)34(32)31-29(28-22-14-13-21-27(28)24-15-7-4-8-16-24)23-33(25-17-9-5-10-18-25)26-19-11-6-12-20-26/h4-22,29,31H,23H2,1-3H3/t29-,34-/m1/s1. The van der Waals surface area contributed by atoms with Crippen molar-refractivity contribution >= 4 is 29.5 Å². The van der Waals surface area contributed by atoms with Gasteiger partial charge in [-0.1, -0.05) is 115 Å². The topological polar surface area (TPSA) is 29.1 Å². The molecule has 34 heavy (non-hydrogen) atoms. The van der Waals surface area contributed by atoms with Gasteiger partial charge in [-0.2, -0.15) is 0 Å². The second-order valence-corrected chi connectivity index (χ2v) is 13.5. The van der Waals surface area contributed by atoms with Gasteiger partial charge < -0.3 is 0 Å². The summed E-state index contributed by atoms with van der Waals surface area (Å²) in [7, 11) is -1.86. The van der Waals surface area contributed by atoms with Crippen LogP contribution in [0.2, 0.25) is 0 Å². The van der Waals surface area contributed by atoms with Crippen LogP contribution in [0.4, 0.5) is 0 Å².